The molecule has 0 saturated carbocycles. The van der Waals surface area contributed by atoms with Crippen molar-refractivity contribution in [2.75, 3.05) is 6.61 Å². The molecule has 16 heavy (non-hydrogen) atoms. The molecule has 0 bridgehead atoms. The fourth-order valence-electron chi connectivity index (χ4n) is 2.20. The summed E-state index contributed by atoms with van der Waals surface area (Å²) in [6.07, 6.45) is 0.779. The number of nitrogens with one attached hydrogen (secondary N) is 1. The molecule has 0 radical (unpaired) electrons. The first-order valence-electron chi connectivity index (χ1n) is 5.80. The van der Waals surface area contributed by atoms with E-state index in [1.165, 1.54) is 6.07 Å². The van der Waals surface area contributed by atoms with Crippen molar-refractivity contribution in [3.63, 3.8) is 0 Å². The second-order valence-electron chi connectivity index (χ2n) is 4.46. The Hall–Kier alpha value is -0.930. The molecule has 1 aromatic rings. The van der Waals surface area contributed by atoms with Crippen LogP contribution in [-0.2, 0) is 4.74 Å². The third-order valence-corrected chi connectivity index (χ3v) is 3.06. The van der Waals surface area contributed by atoms with Crippen LogP contribution in [0.2, 0.25) is 0 Å². The smallest absolute Gasteiger partial charge is 0.129 e. The Labute approximate surface area is 95.8 Å². The van der Waals surface area contributed by atoms with Crippen LogP contribution in [0.1, 0.15) is 31.9 Å². The summed E-state index contributed by atoms with van der Waals surface area (Å²) >= 11 is 0. The molecule has 1 aromatic carbocycles. The Morgan fingerprint density at radius 2 is 2.06 bits per heavy atom. The lowest BCUT2D eigenvalue weighted by molar-refractivity contribution is 0.0437. The van der Waals surface area contributed by atoms with Crippen molar-refractivity contribution in [2.45, 2.75) is 38.5 Å². The van der Waals surface area contributed by atoms with Gasteiger partial charge >= 0.3 is 0 Å². The van der Waals surface area contributed by atoms with Gasteiger partial charge in [0.2, 0.25) is 0 Å². The topological polar surface area (TPSA) is 21.3 Å². The lowest BCUT2D eigenvalue weighted by atomic mass is 10.0. The number of halogens is 1. The first-order valence-corrected chi connectivity index (χ1v) is 5.80. The van der Waals surface area contributed by atoms with E-state index in [1.54, 1.807) is 12.1 Å². The minimum Gasteiger partial charge on any atom is -0.372 e. The summed E-state index contributed by atoms with van der Waals surface area (Å²) in [5.41, 5.74) is 0.650. The van der Waals surface area contributed by atoms with Gasteiger partial charge in [0.05, 0.1) is 0 Å². The van der Waals surface area contributed by atoms with E-state index < -0.39 is 0 Å². The first kappa shape index (κ1) is 11.6. The zero-order chi connectivity index (χ0) is 11.5. The van der Waals surface area contributed by atoms with E-state index in [1.807, 2.05) is 13.0 Å². The fourth-order valence-corrected chi connectivity index (χ4v) is 2.20. The van der Waals surface area contributed by atoms with E-state index in [-0.39, 0.29) is 18.0 Å². The van der Waals surface area contributed by atoms with E-state index in [0.29, 0.717) is 18.2 Å². The van der Waals surface area contributed by atoms with Gasteiger partial charge in [-0.3, -0.25) is 0 Å². The molecular formula is C13H18FNO. The highest BCUT2D eigenvalue weighted by molar-refractivity contribution is 5.21. The largest absolute Gasteiger partial charge is 0.372 e. The Morgan fingerprint density at radius 3 is 2.81 bits per heavy atom. The van der Waals surface area contributed by atoms with E-state index in [4.69, 9.17) is 4.74 Å². The fraction of sp³-hybridized carbons (Fsp3) is 0.538. The minimum atomic E-state index is -0.189. The number of ether oxygens (including phenoxy) is 1. The van der Waals surface area contributed by atoms with Crippen LogP contribution in [0.3, 0.4) is 0 Å². The first-order chi connectivity index (χ1) is 7.68. The molecule has 88 valence electrons. The van der Waals surface area contributed by atoms with Crippen LogP contribution >= 0.6 is 0 Å². The van der Waals surface area contributed by atoms with Crippen LogP contribution in [0.4, 0.5) is 4.39 Å². The van der Waals surface area contributed by atoms with Crippen LogP contribution in [0.25, 0.3) is 0 Å². The zero-order valence-electron chi connectivity index (χ0n) is 9.74. The molecule has 1 aliphatic heterocycles. The molecule has 3 unspecified atom stereocenters. The molecule has 0 spiro atoms. The van der Waals surface area contributed by atoms with Crippen LogP contribution in [-0.4, -0.2) is 18.7 Å². The summed E-state index contributed by atoms with van der Waals surface area (Å²) in [5, 5.41) is 3.43. The number of hydrogen-bond acceptors (Lipinski definition) is 2. The average molecular weight is 223 g/mol. The quantitative estimate of drug-likeness (QED) is 0.790. The standard InChI is InChI=1S/C13H18FNO/c1-9-7-8-16-13(10(2)15-9)11-5-3-4-6-12(11)14/h3-6,9-10,13,15H,7-8H2,1-2H3. The highest BCUT2D eigenvalue weighted by atomic mass is 19.1. The van der Waals surface area contributed by atoms with Gasteiger partial charge in [0, 0.05) is 24.3 Å². The van der Waals surface area contributed by atoms with Crippen molar-refractivity contribution < 1.29 is 9.13 Å². The molecule has 2 rings (SSSR count). The molecule has 2 nitrogen and oxygen atoms in total. The van der Waals surface area contributed by atoms with Gasteiger partial charge in [0.15, 0.2) is 0 Å². The third kappa shape index (κ3) is 2.42. The normalized spacial score (nSPS) is 31.1. The third-order valence-electron chi connectivity index (χ3n) is 3.06. The van der Waals surface area contributed by atoms with Gasteiger partial charge in [-0.2, -0.15) is 0 Å². The van der Waals surface area contributed by atoms with Gasteiger partial charge in [-0.15, -0.1) is 0 Å². The van der Waals surface area contributed by atoms with E-state index in [9.17, 15) is 4.39 Å². The molecule has 0 aromatic heterocycles. The summed E-state index contributed by atoms with van der Waals surface area (Å²) in [7, 11) is 0. The van der Waals surface area contributed by atoms with Gasteiger partial charge in [-0.25, -0.2) is 4.39 Å². The second-order valence-corrected chi connectivity index (χ2v) is 4.46. The van der Waals surface area contributed by atoms with Crippen LogP contribution in [0.5, 0.6) is 0 Å². The van der Waals surface area contributed by atoms with Crippen molar-refractivity contribution in [3.8, 4) is 0 Å². The van der Waals surface area contributed by atoms with Crippen molar-refractivity contribution in [2.24, 2.45) is 0 Å². The molecule has 1 saturated heterocycles. The summed E-state index contributed by atoms with van der Waals surface area (Å²) in [5.74, 6) is -0.185. The second kappa shape index (κ2) is 4.93. The van der Waals surface area contributed by atoms with Crippen molar-refractivity contribution in [3.05, 3.63) is 35.6 Å². The van der Waals surface area contributed by atoms with Crippen LogP contribution in [0, 0.1) is 5.82 Å². The molecule has 1 heterocycles. The maximum absolute atomic E-state index is 13.7. The molecule has 1 N–H and O–H groups in total. The van der Waals surface area contributed by atoms with Gasteiger partial charge in [0.25, 0.3) is 0 Å². The lowest BCUT2D eigenvalue weighted by Gasteiger charge is -2.24. The van der Waals surface area contributed by atoms with Crippen LogP contribution < -0.4 is 5.32 Å². The van der Waals surface area contributed by atoms with E-state index in [2.05, 4.69) is 12.2 Å². The molecule has 3 atom stereocenters. The monoisotopic (exact) mass is 223 g/mol. The van der Waals surface area contributed by atoms with E-state index >= 15 is 0 Å². The SMILES string of the molecule is CC1CCOC(c2ccccc2F)C(C)N1. The zero-order valence-corrected chi connectivity index (χ0v) is 9.74. The van der Waals surface area contributed by atoms with Gasteiger partial charge in [0.1, 0.15) is 11.9 Å². The molecule has 0 amide bonds. The molecular weight excluding hydrogens is 205 g/mol. The maximum Gasteiger partial charge on any atom is 0.129 e. The summed E-state index contributed by atoms with van der Waals surface area (Å²) < 4.78 is 19.4. The lowest BCUT2D eigenvalue weighted by Crippen LogP contribution is -2.36. The Balaban J connectivity index is 2.22. The van der Waals surface area contributed by atoms with Crippen molar-refractivity contribution in [1.29, 1.82) is 0 Å². The number of hydrogen-bond donors (Lipinski definition) is 1. The van der Waals surface area contributed by atoms with Crippen molar-refractivity contribution in [1.82, 2.24) is 5.32 Å². The average Bonchev–Trinajstić information content (AvgIpc) is 2.40. The van der Waals surface area contributed by atoms with Gasteiger partial charge in [-0.05, 0) is 26.3 Å². The number of rotatable bonds is 1. The van der Waals surface area contributed by atoms with Gasteiger partial charge in [-0.1, -0.05) is 18.2 Å². The maximum atomic E-state index is 13.7. The molecule has 3 heteroatoms. The highest BCUT2D eigenvalue weighted by Gasteiger charge is 2.26. The molecule has 1 fully saturated rings. The predicted octanol–water partition coefficient (Wildman–Crippen LogP) is 2.65. The summed E-state index contributed by atoms with van der Waals surface area (Å²) in [6, 6.07) is 7.40. The summed E-state index contributed by atoms with van der Waals surface area (Å²) in [4.78, 5) is 0. The molecule has 1 aliphatic rings. The number of benzene rings is 1. The van der Waals surface area contributed by atoms with Gasteiger partial charge < -0.3 is 10.1 Å². The predicted molar refractivity (Wildman–Crippen MR) is 61.8 cm³/mol. The van der Waals surface area contributed by atoms with Crippen LogP contribution in [0.15, 0.2) is 24.3 Å². The molecule has 0 aliphatic carbocycles. The Kier molecular flexibility index (Phi) is 3.56. The highest BCUT2D eigenvalue weighted by Crippen LogP contribution is 2.26. The van der Waals surface area contributed by atoms with Crippen molar-refractivity contribution >= 4 is 0 Å². The Morgan fingerprint density at radius 1 is 1.31 bits per heavy atom. The van der Waals surface area contributed by atoms with E-state index in [0.717, 1.165) is 6.42 Å². The summed E-state index contributed by atoms with van der Waals surface area (Å²) in [6.45, 7) is 4.85. The Bertz CT molecular complexity index is 356. The minimum absolute atomic E-state index is 0.134.